The van der Waals surface area contributed by atoms with E-state index in [1.807, 2.05) is 0 Å². The first-order valence-corrected chi connectivity index (χ1v) is 10.5. The second kappa shape index (κ2) is 6.04. The Labute approximate surface area is 136 Å². The van der Waals surface area contributed by atoms with Crippen molar-refractivity contribution in [1.82, 2.24) is 4.72 Å². The molecule has 0 aliphatic carbocycles. The molecule has 5 nitrogen and oxygen atoms in total. The molecule has 0 saturated carbocycles. The van der Waals surface area contributed by atoms with E-state index in [0.29, 0.717) is 8.95 Å². The fourth-order valence-corrected chi connectivity index (χ4v) is 4.30. The number of sulfone groups is 1. The maximum Gasteiger partial charge on any atom is 0.241 e. The SMILES string of the molecule is CC(C)(CNS(=O)(=O)c1cc(Br)ccc1Br)S(C)(=O)=O. The van der Waals surface area contributed by atoms with Gasteiger partial charge in [-0.2, -0.15) is 0 Å². The second-order valence-electron chi connectivity index (χ2n) is 4.93. The van der Waals surface area contributed by atoms with Gasteiger partial charge in [-0.25, -0.2) is 21.6 Å². The van der Waals surface area contributed by atoms with E-state index in [0.717, 1.165) is 6.26 Å². The molecule has 1 rings (SSSR count). The Morgan fingerprint density at radius 1 is 1.15 bits per heavy atom. The third-order valence-electron chi connectivity index (χ3n) is 2.87. The summed E-state index contributed by atoms with van der Waals surface area (Å²) in [5.41, 5.74) is 0. The first-order chi connectivity index (χ1) is 8.87. The highest BCUT2D eigenvalue weighted by atomic mass is 79.9. The molecular formula is C11H15Br2NO4S2. The highest BCUT2D eigenvalue weighted by molar-refractivity contribution is 9.11. The van der Waals surface area contributed by atoms with Crippen molar-refractivity contribution < 1.29 is 16.8 Å². The molecule has 0 heterocycles. The van der Waals surface area contributed by atoms with Gasteiger partial charge in [-0.05, 0) is 48.0 Å². The Morgan fingerprint density at radius 2 is 1.70 bits per heavy atom. The Balaban J connectivity index is 3.06. The summed E-state index contributed by atoms with van der Waals surface area (Å²) in [5.74, 6) is 0. The largest absolute Gasteiger partial charge is 0.241 e. The predicted octanol–water partition coefficient (Wildman–Crippen LogP) is 2.31. The van der Waals surface area contributed by atoms with Crippen LogP contribution in [0.2, 0.25) is 0 Å². The molecule has 20 heavy (non-hydrogen) atoms. The van der Waals surface area contributed by atoms with Crippen LogP contribution in [-0.2, 0) is 19.9 Å². The van der Waals surface area contributed by atoms with Gasteiger partial charge in [0, 0.05) is 21.7 Å². The minimum absolute atomic E-state index is 0.0520. The van der Waals surface area contributed by atoms with Gasteiger partial charge in [0.1, 0.15) is 0 Å². The van der Waals surface area contributed by atoms with Crippen molar-refractivity contribution in [2.45, 2.75) is 23.5 Å². The van der Waals surface area contributed by atoms with Crippen LogP contribution in [0.15, 0.2) is 32.0 Å². The van der Waals surface area contributed by atoms with Crippen LogP contribution >= 0.6 is 31.9 Å². The van der Waals surface area contributed by atoms with E-state index in [9.17, 15) is 16.8 Å². The minimum atomic E-state index is -3.80. The van der Waals surface area contributed by atoms with Crippen LogP contribution in [0, 0.1) is 0 Å². The van der Waals surface area contributed by atoms with E-state index in [4.69, 9.17) is 0 Å². The molecule has 0 fully saturated rings. The molecule has 1 aromatic rings. The summed E-state index contributed by atoms with van der Waals surface area (Å²) >= 11 is 6.37. The van der Waals surface area contributed by atoms with Gasteiger partial charge in [-0.15, -0.1) is 0 Å². The molecule has 114 valence electrons. The van der Waals surface area contributed by atoms with Gasteiger partial charge < -0.3 is 0 Å². The summed E-state index contributed by atoms with van der Waals surface area (Å²) in [6.45, 7) is 2.74. The Hall–Kier alpha value is 0.0400. The molecule has 0 atom stereocenters. The summed E-state index contributed by atoms with van der Waals surface area (Å²) in [4.78, 5) is 0.0520. The molecule has 0 spiro atoms. The average molecular weight is 449 g/mol. The molecule has 1 aromatic carbocycles. The smallest absolute Gasteiger partial charge is 0.229 e. The summed E-state index contributed by atoms with van der Waals surface area (Å²) in [6, 6.07) is 4.74. The minimum Gasteiger partial charge on any atom is -0.229 e. The summed E-state index contributed by atoms with van der Waals surface area (Å²) in [5, 5.41) is 0. The van der Waals surface area contributed by atoms with Gasteiger partial charge in [0.05, 0.1) is 9.64 Å². The first-order valence-electron chi connectivity index (χ1n) is 5.51. The van der Waals surface area contributed by atoms with Gasteiger partial charge >= 0.3 is 0 Å². The van der Waals surface area contributed by atoms with Crippen molar-refractivity contribution in [3.63, 3.8) is 0 Å². The molecule has 0 unspecified atom stereocenters. The van der Waals surface area contributed by atoms with E-state index in [1.165, 1.54) is 19.9 Å². The zero-order valence-electron chi connectivity index (χ0n) is 11.1. The normalized spacial score (nSPS) is 13.4. The standard InChI is InChI=1S/C11H15Br2NO4S2/c1-11(2,19(3,15)16)7-14-20(17,18)10-6-8(12)4-5-9(10)13/h4-6,14H,7H2,1-3H3. The van der Waals surface area contributed by atoms with E-state index < -0.39 is 24.6 Å². The fraction of sp³-hybridized carbons (Fsp3) is 0.455. The number of rotatable bonds is 5. The number of benzene rings is 1. The van der Waals surface area contributed by atoms with E-state index >= 15 is 0 Å². The molecule has 0 aliphatic rings. The molecule has 0 aromatic heterocycles. The van der Waals surface area contributed by atoms with Gasteiger partial charge in [0.15, 0.2) is 9.84 Å². The number of halogens is 2. The van der Waals surface area contributed by atoms with Gasteiger partial charge in [-0.3, -0.25) is 0 Å². The van der Waals surface area contributed by atoms with Crippen molar-refractivity contribution in [3.8, 4) is 0 Å². The second-order valence-corrected chi connectivity index (χ2v) is 11.1. The third kappa shape index (κ3) is 4.27. The third-order valence-corrected chi connectivity index (χ3v) is 7.91. The first kappa shape index (κ1) is 18.1. The number of nitrogens with one attached hydrogen (secondary N) is 1. The molecule has 0 bridgehead atoms. The van der Waals surface area contributed by atoms with Crippen molar-refractivity contribution >= 4 is 51.7 Å². The predicted molar refractivity (Wildman–Crippen MR) is 86.0 cm³/mol. The van der Waals surface area contributed by atoms with Crippen molar-refractivity contribution in [3.05, 3.63) is 27.1 Å². The lowest BCUT2D eigenvalue weighted by atomic mass is 10.2. The molecule has 9 heteroatoms. The zero-order chi connectivity index (χ0) is 15.8. The van der Waals surface area contributed by atoms with Crippen LogP contribution in [0.5, 0.6) is 0 Å². The number of hydrogen-bond donors (Lipinski definition) is 1. The molecular weight excluding hydrogens is 434 g/mol. The molecule has 0 saturated heterocycles. The lowest BCUT2D eigenvalue weighted by Crippen LogP contribution is -2.43. The fourth-order valence-electron chi connectivity index (χ4n) is 1.16. The van der Waals surface area contributed by atoms with Crippen molar-refractivity contribution in [2.24, 2.45) is 0 Å². The topological polar surface area (TPSA) is 80.3 Å². The number of sulfonamides is 1. The van der Waals surface area contributed by atoms with E-state index in [2.05, 4.69) is 36.6 Å². The zero-order valence-corrected chi connectivity index (χ0v) is 15.9. The lowest BCUT2D eigenvalue weighted by Gasteiger charge is -2.22. The number of hydrogen-bond acceptors (Lipinski definition) is 4. The monoisotopic (exact) mass is 447 g/mol. The molecule has 1 N–H and O–H groups in total. The average Bonchev–Trinajstić information content (AvgIpc) is 2.28. The van der Waals surface area contributed by atoms with Crippen LogP contribution in [0.25, 0.3) is 0 Å². The summed E-state index contributed by atoms with van der Waals surface area (Å²) in [7, 11) is -7.17. The quantitative estimate of drug-likeness (QED) is 0.749. The van der Waals surface area contributed by atoms with Crippen LogP contribution in [-0.4, -0.2) is 34.4 Å². The summed E-state index contributed by atoms with van der Waals surface area (Å²) < 4.78 is 49.8. The molecule has 0 radical (unpaired) electrons. The van der Waals surface area contributed by atoms with Crippen molar-refractivity contribution in [2.75, 3.05) is 12.8 Å². The molecule has 0 aliphatic heterocycles. The van der Waals surface area contributed by atoms with E-state index in [1.54, 1.807) is 12.1 Å². The highest BCUT2D eigenvalue weighted by Crippen LogP contribution is 2.26. The highest BCUT2D eigenvalue weighted by Gasteiger charge is 2.32. The Kier molecular flexibility index (Phi) is 5.46. The van der Waals surface area contributed by atoms with Gasteiger partial charge in [0.2, 0.25) is 10.0 Å². The summed E-state index contributed by atoms with van der Waals surface area (Å²) in [6.07, 6.45) is 1.08. The molecule has 0 amide bonds. The van der Waals surface area contributed by atoms with Crippen LogP contribution in [0.4, 0.5) is 0 Å². The van der Waals surface area contributed by atoms with E-state index in [-0.39, 0.29) is 11.4 Å². The lowest BCUT2D eigenvalue weighted by molar-refractivity contribution is 0.537. The van der Waals surface area contributed by atoms with Crippen LogP contribution in [0.1, 0.15) is 13.8 Å². The Bertz CT molecular complexity index is 712. The van der Waals surface area contributed by atoms with Gasteiger partial charge in [-0.1, -0.05) is 15.9 Å². The van der Waals surface area contributed by atoms with Crippen molar-refractivity contribution in [1.29, 1.82) is 0 Å². The van der Waals surface area contributed by atoms with Crippen LogP contribution < -0.4 is 4.72 Å². The van der Waals surface area contributed by atoms with Gasteiger partial charge in [0.25, 0.3) is 0 Å². The van der Waals surface area contributed by atoms with Crippen LogP contribution in [0.3, 0.4) is 0 Å². The maximum atomic E-state index is 12.2. The Morgan fingerprint density at radius 3 is 2.20 bits per heavy atom. The maximum absolute atomic E-state index is 12.2.